The van der Waals surface area contributed by atoms with Crippen molar-refractivity contribution in [1.29, 1.82) is 5.26 Å². The zero-order chi connectivity index (χ0) is 29.3. The number of fused-ring (bicyclic) bond motifs is 12. The minimum atomic E-state index is -0.152. The van der Waals surface area contributed by atoms with E-state index >= 15 is 0 Å². The van der Waals surface area contributed by atoms with Crippen LogP contribution in [0.1, 0.15) is 30.5 Å². The van der Waals surface area contributed by atoms with Gasteiger partial charge in [0.15, 0.2) is 0 Å². The van der Waals surface area contributed by atoms with Gasteiger partial charge in [-0.25, -0.2) is 0 Å². The second-order valence-electron chi connectivity index (χ2n) is 12.8. The Labute approximate surface area is 255 Å². The molecule has 1 aliphatic heterocycles. The van der Waals surface area contributed by atoms with E-state index < -0.39 is 0 Å². The zero-order valence-electron chi connectivity index (χ0n) is 24.5. The van der Waals surface area contributed by atoms with Gasteiger partial charge in [-0.15, -0.1) is 0 Å². The van der Waals surface area contributed by atoms with Crippen molar-refractivity contribution < 1.29 is 0 Å². The molecule has 204 valence electrons. The topological polar surface area (TPSA) is 33.6 Å². The lowest BCUT2D eigenvalue weighted by Crippen LogP contribution is -2.53. The summed E-state index contributed by atoms with van der Waals surface area (Å²) in [6, 6.07) is 46.6. The third kappa shape index (κ3) is 2.74. The van der Waals surface area contributed by atoms with Crippen LogP contribution < -0.4 is 10.9 Å². The first-order valence-electron chi connectivity index (χ1n) is 15.3. The SMILES string of the molecule is CC1(C)c2ccccc2-c2ccc3c4ccccc4n(B4c5ccccc5-n5c6cc(C#N)ccc6c6cccc4c65)c3c21. The third-order valence-electron chi connectivity index (χ3n) is 10.4. The molecule has 0 spiro atoms. The summed E-state index contributed by atoms with van der Waals surface area (Å²) in [7, 11) is 0. The molecule has 0 saturated heterocycles. The molecule has 10 rings (SSSR count). The van der Waals surface area contributed by atoms with Crippen LogP contribution in [0.15, 0.2) is 121 Å². The Morgan fingerprint density at radius 3 is 2.23 bits per heavy atom. The molecule has 44 heavy (non-hydrogen) atoms. The second kappa shape index (κ2) is 8.10. The van der Waals surface area contributed by atoms with Crippen molar-refractivity contribution in [2.75, 3.05) is 0 Å². The summed E-state index contributed by atoms with van der Waals surface area (Å²) in [6.45, 7) is 4.74. The van der Waals surface area contributed by atoms with Crippen molar-refractivity contribution in [3.63, 3.8) is 0 Å². The molecule has 6 aromatic carbocycles. The first-order valence-corrected chi connectivity index (χ1v) is 15.3. The molecule has 2 aromatic heterocycles. The molecule has 0 N–H and O–H groups in total. The van der Waals surface area contributed by atoms with Gasteiger partial charge < -0.3 is 9.05 Å². The Bertz CT molecular complexity index is 2610. The summed E-state index contributed by atoms with van der Waals surface area (Å²) >= 11 is 0. The average Bonchev–Trinajstić information content (AvgIpc) is 3.66. The van der Waals surface area contributed by atoms with E-state index in [1.54, 1.807) is 0 Å². The molecule has 0 unspecified atom stereocenters. The van der Waals surface area contributed by atoms with E-state index in [4.69, 9.17) is 0 Å². The van der Waals surface area contributed by atoms with Crippen LogP contribution in [-0.2, 0) is 5.41 Å². The molecule has 0 bridgehead atoms. The maximum Gasteiger partial charge on any atom is 0.332 e. The summed E-state index contributed by atoms with van der Waals surface area (Å²) in [6.07, 6.45) is 0. The van der Waals surface area contributed by atoms with E-state index in [-0.39, 0.29) is 12.3 Å². The Morgan fingerprint density at radius 2 is 1.32 bits per heavy atom. The van der Waals surface area contributed by atoms with Gasteiger partial charge in [0.05, 0.1) is 22.7 Å². The predicted molar refractivity (Wildman–Crippen MR) is 183 cm³/mol. The Kier molecular flexibility index (Phi) is 4.41. The van der Waals surface area contributed by atoms with Gasteiger partial charge in [0, 0.05) is 43.7 Å². The molecular weight excluding hydrogens is 533 g/mol. The van der Waals surface area contributed by atoms with Crippen molar-refractivity contribution in [3.05, 3.63) is 138 Å². The number of hydrogen-bond acceptors (Lipinski definition) is 1. The summed E-state index contributed by atoms with van der Waals surface area (Å²) in [5.41, 5.74) is 14.6. The molecule has 2 aliphatic rings. The highest BCUT2D eigenvalue weighted by Gasteiger charge is 2.41. The van der Waals surface area contributed by atoms with Gasteiger partial charge in [-0.1, -0.05) is 111 Å². The van der Waals surface area contributed by atoms with E-state index in [1.165, 1.54) is 77.0 Å². The standard InChI is InChI=1S/C40H26BN3/c1-40(2)31-13-5-3-10-25(31)28-20-21-30-26-11-4-7-16-34(26)44(39(30)37(28)40)41-32-14-6-8-17-35(32)43-36-22-24(23-42)18-19-27(36)29-12-9-15-33(41)38(29)43/h3-22H,1-2H3. The van der Waals surface area contributed by atoms with Crippen molar-refractivity contribution >= 4 is 61.4 Å². The summed E-state index contributed by atoms with van der Waals surface area (Å²) in [5, 5.41) is 14.8. The number of hydrogen-bond donors (Lipinski definition) is 0. The van der Waals surface area contributed by atoms with Crippen LogP contribution in [0.3, 0.4) is 0 Å². The van der Waals surface area contributed by atoms with Crippen LogP contribution in [0.2, 0.25) is 0 Å². The normalized spacial score (nSPS) is 14.2. The Morgan fingerprint density at radius 1 is 0.614 bits per heavy atom. The number of para-hydroxylation sites is 3. The van der Waals surface area contributed by atoms with Gasteiger partial charge in [-0.05, 0) is 57.4 Å². The number of benzene rings is 6. The maximum absolute atomic E-state index is 9.79. The lowest BCUT2D eigenvalue weighted by atomic mass is 9.48. The van der Waals surface area contributed by atoms with Crippen LogP contribution in [-0.4, -0.2) is 15.9 Å². The average molecular weight is 559 g/mol. The fraction of sp³-hybridized carbons (Fsp3) is 0.0750. The molecule has 0 atom stereocenters. The summed E-state index contributed by atoms with van der Waals surface area (Å²) in [5.74, 6) is 0. The van der Waals surface area contributed by atoms with Crippen LogP contribution in [0.5, 0.6) is 0 Å². The number of nitrogens with zero attached hydrogens (tertiary/aromatic N) is 3. The van der Waals surface area contributed by atoms with Crippen molar-refractivity contribution in [2.24, 2.45) is 0 Å². The highest BCUT2D eigenvalue weighted by molar-refractivity contribution is 6.88. The van der Waals surface area contributed by atoms with Crippen LogP contribution >= 0.6 is 0 Å². The zero-order valence-corrected chi connectivity index (χ0v) is 24.5. The van der Waals surface area contributed by atoms with E-state index in [0.29, 0.717) is 5.56 Å². The van der Waals surface area contributed by atoms with E-state index in [1.807, 2.05) is 12.1 Å². The number of nitriles is 1. The smallest absolute Gasteiger partial charge is 0.332 e. The van der Waals surface area contributed by atoms with E-state index in [9.17, 15) is 5.26 Å². The lowest BCUT2D eigenvalue weighted by Gasteiger charge is -2.30. The largest absolute Gasteiger partial charge is 0.376 e. The van der Waals surface area contributed by atoms with Gasteiger partial charge in [0.2, 0.25) is 0 Å². The molecule has 3 heterocycles. The first-order chi connectivity index (χ1) is 21.6. The fourth-order valence-electron chi connectivity index (χ4n) is 8.62. The third-order valence-corrected chi connectivity index (χ3v) is 10.4. The summed E-state index contributed by atoms with van der Waals surface area (Å²) < 4.78 is 5.04. The minimum Gasteiger partial charge on any atom is -0.376 e. The van der Waals surface area contributed by atoms with Gasteiger partial charge in [-0.2, -0.15) is 5.26 Å². The second-order valence-corrected chi connectivity index (χ2v) is 12.8. The Hall–Kier alpha value is -5.53. The molecule has 0 saturated carbocycles. The highest BCUT2D eigenvalue weighted by Crippen LogP contribution is 2.52. The Balaban J connectivity index is 1.41. The number of rotatable bonds is 1. The molecule has 0 fully saturated rings. The van der Waals surface area contributed by atoms with Crippen molar-refractivity contribution in [3.8, 4) is 22.9 Å². The van der Waals surface area contributed by atoms with Crippen LogP contribution in [0.25, 0.3) is 60.4 Å². The molecule has 0 radical (unpaired) electrons. The lowest BCUT2D eigenvalue weighted by molar-refractivity contribution is 0.664. The monoisotopic (exact) mass is 559 g/mol. The maximum atomic E-state index is 9.79. The molecular formula is C40H26BN3. The molecule has 8 aromatic rings. The molecule has 1 aliphatic carbocycles. The minimum absolute atomic E-state index is 0.0319. The summed E-state index contributed by atoms with van der Waals surface area (Å²) in [4.78, 5) is 0. The molecule has 0 amide bonds. The van der Waals surface area contributed by atoms with Crippen molar-refractivity contribution in [2.45, 2.75) is 19.3 Å². The van der Waals surface area contributed by atoms with E-state index in [0.717, 1.165) is 5.52 Å². The fourth-order valence-corrected chi connectivity index (χ4v) is 8.62. The van der Waals surface area contributed by atoms with E-state index in [2.05, 4.69) is 138 Å². The highest BCUT2D eigenvalue weighted by atomic mass is 15.0. The van der Waals surface area contributed by atoms with Crippen LogP contribution in [0, 0.1) is 11.3 Å². The quantitative estimate of drug-likeness (QED) is 0.188. The van der Waals surface area contributed by atoms with Gasteiger partial charge in [-0.3, -0.25) is 0 Å². The van der Waals surface area contributed by atoms with Gasteiger partial charge in [0.25, 0.3) is 0 Å². The predicted octanol–water partition coefficient (Wildman–Crippen LogP) is 8.04. The number of aromatic nitrogens is 2. The van der Waals surface area contributed by atoms with Crippen molar-refractivity contribution in [1.82, 2.24) is 9.05 Å². The first kappa shape index (κ1) is 24.0. The molecule has 4 heteroatoms. The van der Waals surface area contributed by atoms with Gasteiger partial charge in [0.1, 0.15) is 0 Å². The molecule has 3 nitrogen and oxygen atoms in total. The van der Waals surface area contributed by atoms with Crippen LogP contribution in [0.4, 0.5) is 0 Å². The van der Waals surface area contributed by atoms with Gasteiger partial charge >= 0.3 is 6.85 Å².